The van der Waals surface area contributed by atoms with Crippen LogP contribution in [0.3, 0.4) is 0 Å². The average Bonchev–Trinajstić information content (AvgIpc) is 2.60. The molecule has 14 heteroatoms. The summed E-state index contributed by atoms with van der Waals surface area (Å²) in [6.45, 7) is 7.95. The van der Waals surface area contributed by atoms with Gasteiger partial charge in [0.2, 0.25) is 0 Å². The first kappa shape index (κ1) is 30.4. The zero-order chi connectivity index (χ0) is 25.6. The molecule has 1 unspecified atom stereocenters. The third-order valence-electron chi connectivity index (χ3n) is 4.33. The van der Waals surface area contributed by atoms with Crippen molar-refractivity contribution in [2.75, 3.05) is 0 Å². The maximum Gasteiger partial charge on any atom is 0.460 e. The third kappa shape index (κ3) is 7.49. The van der Waals surface area contributed by atoms with Gasteiger partial charge in [-0.3, -0.25) is 0 Å². The molecular weight excluding hydrogens is 481 g/mol. The van der Waals surface area contributed by atoms with Crippen LogP contribution in [0.15, 0.2) is 24.5 Å². The van der Waals surface area contributed by atoms with Crippen LogP contribution >= 0.6 is 0 Å². The van der Waals surface area contributed by atoms with Gasteiger partial charge in [0.15, 0.2) is 22.5 Å². The minimum atomic E-state index is -7.43. The molecule has 0 radical (unpaired) electrons. The highest BCUT2D eigenvalue weighted by Gasteiger charge is 2.83. The summed E-state index contributed by atoms with van der Waals surface area (Å²) in [4.78, 5) is 0. The maximum absolute atomic E-state index is 12.2. The minimum Gasteiger partial charge on any atom is -0.743 e. The van der Waals surface area contributed by atoms with E-state index in [2.05, 4.69) is 49.9 Å². The Morgan fingerprint density at radius 1 is 1.00 bits per heavy atom. The van der Waals surface area contributed by atoms with Gasteiger partial charge < -0.3 is 4.55 Å². The lowest BCUT2D eigenvalue weighted by Crippen LogP contribution is -2.63. The van der Waals surface area contributed by atoms with Crippen LogP contribution in [0.4, 0.5) is 39.5 Å². The molecule has 4 nitrogen and oxygen atoms in total. The number of alkyl halides is 9. The monoisotopic (exact) mass is 505 g/mol. The van der Waals surface area contributed by atoms with Crippen LogP contribution in [0.25, 0.3) is 0 Å². The highest BCUT2D eigenvalue weighted by Crippen LogP contribution is 2.54. The predicted molar refractivity (Wildman–Crippen MR) is 95.3 cm³/mol. The summed E-state index contributed by atoms with van der Waals surface area (Å²) < 4.78 is 138. The van der Waals surface area contributed by atoms with Gasteiger partial charge in [-0.2, -0.15) is 39.5 Å². The highest BCUT2D eigenvalue weighted by atomic mass is 32.2. The summed E-state index contributed by atoms with van der Waals surface area (Å²) in [5.74, 6) is -13.9. The van der Waals surface area contributed by atoms with Crippen molar-refractivity contribution in [1.82, 2.24) is 0 Å². The van der Waals surface area contributed by atoms with Crippen molar-refractivity contribution >= 4 is 10.1 Å². The smallest absolute Gasteiger partial charge is 0.460 e. The fourth-order valence-corrected chi connectivity index (χ4v) is 3.01. The first-order chi connectivity index (χ1) is 14.2. The molecule has 1 atom stereocenters. The van der Waals surface area contributed by atoms with Crippen LogP contribution in [-0.2, 0) is 16.7 Å². The van der Waals surface area contributed by atoms with E-state index in [-0.39, 0.29) is 0 Å². The molecule has 0 N–H and O–H groups in total. The maximum atomic E-state index is 12.2. The van der Waals surface area contributed by atoms with Crippen molar-refractivity contribution in [1.29, 1.82) is 0 Å². The highest BCUT2D eigenvalue weighted by molar-refractivity contribution is 7.86. The Bertz CT molecular complexity index is 827. The second-order valence-electron chi connectivity index (χ2n) is 7.27. The molecule has 0 saturated carbocycles. The third-order valence-corrected chi connectivity index (χ3v) is 5.22. The summed E-state index contributed by atoms with van der Waals surface area (Å²) in [5.41, 5.74) is 1.35. The number of hydrogen-bond donors (Lipinski definition) is 0. The van der Waals surface area contributed by atoms with E-state index in [0.29, 0.717) is 0 Å². The Kier molecular flexibility index (Phi) is 10.5. The summed E-state index contributed by atoms with van der Waals surface area (Å²) in [7, 11) is -7.42. The fourth-order valence-electron chi connectivity index (χ4n) is 2.57. The standard InChI is InChI=1S/C14H24N.C4HF9O3S/c1-4-7-13(2)8-5-10-15-11-6-9-14(3)12-15;5-1(6,3(9,10)11)2(7,8)4(12,13)17(14,15)16/h6,9,11-13H,4-5,7-8,10H2,1-3H3;(H,14,15,16)/q+1;/p-1. The number of aromatic nitrogens is 1. The number of halogens is 9. The van der Waals surface area contributed by atoms with E-state index in [9.17, 15) is 52.5 Å². The minimum absolute atomic E-state index is 0.889. The number of aryl methyl sites for hydroxylation is 2. The molecule has 0 saturated heterocycles. The van der Waals surface area contributed by atoms with Crippen molar-refractivity contribution in [3.05, 3.63) is 30.1 Å². The van der Waals surface area contributed by atoms with Crippen molar-refractivity contribution in [2.45, 2.75) is 76.3 Å². The van der Waals surface area contributed by atoms with Crippen molar-refractivity contribution in [2.24, 2.45) is 5.92 Å². The Morgan fingerprint density at radius 2 is 1.53 bits per heavy atom. The molecule has 0 spiro atoms. The predicted octanol–water partition coefficient (Wildman–Crippen LogP) is 5.46. The zero-order valence-electron chi connectivity index (χ0n) is 17.4. The molecule has 188 valence electrons. The lowest BCUT2D eigenvalue weighted by molar-refractivity contribution is -0.697. The molecule has 1 aromatic rings. The van der Waals surface area contributed by atoms with Gasteiger partial charge in [-0.15, -0.1) is 0 Å². The Morgan fingerprint density at radius 3 is 1.94 bits per heavy atom. The van der Waals surface area contributed by atoms with Gasteiger partial charge in [-0.25, -0.2) is 13.0 Å². The first-order valence-electron chi connectivity index (χ1n) is 9.33. The molecule has 0 bridgehead atoms. The number of pyridine rings is 1. The molecule has 0 aliphatic carbocycles. The second kappa shape index (κ2) is 11.0. The molecule has 1 aromatic heterocycles. The van der Waals surface area contributed by atoms with Gasteiger partial charge in [0.1, 0.15) is 6.54 Å². The largest absolute Gasteiger partial charge is 0.743 e. The molecule has 1 rings (SSSR count). The van der Waals surface area contributed by atoms with Gasteiger partial charge in [0, 0.05) is 18.1 Å². The summed E-state index contributed by atoms with van der Waals surface area (Å²) in [5, 5.41) is -7.11. The number of nitrogens with zero attached hydrogens (tertiary/aromatic N) is 1. The molecule has 1 heterocycles. The second-order valence-corrected chi connectivity index (χ2v) is 8.69. The molecule has 0 aliphatic heterocycles. The van der Waals surface area contributed by atoms with Crippen LogP contribution in [0, 0.1) is 12.8 Å². The molecule has 0 amide bonds. The zero-order valence-corrected chi connectivity index (χ0v) is 18.2. The topological polar surface area (TPSA) is 61.1 Å². The van der Waals surface area contributed by atoms with Crippen molar-refractivity contribution in [3.8, 4) is 0 Å². The van der Waals surface area contributed by atoms with E-state index in [4.69, 9.17) is 0 Å². The molecule has 0 aliphatic rings. The van der Waals surface area contributed by atoms with Gasteiger partial charge in [-0.05, 0) is 25.3 Å². The van der Waals surface area contributed by atoms with Crippen LogP contribution in [-0.4, -0.2) is 36.2 Å². The van der Waals surface area contributed by atoms with E-state index in [1.54, 1.807) is 0 Å². The molecular formula is C18H24F9NO3S. The molecule has 32 heavy (non-hydrogen) atoms. The number of rotatable bonds is 9. The molecule has 0 aromatic carbocycles. The first-order valence-corrected chi connectivity index (χ1v) is 10.7. The Balaban J connectivity index is 0.000000604. The summed E-state index contributed by atoms with van der Waals surface area (Å²) >= 11 is 0. The van der Waals surface area contributed by atoms with Crippen LogP contribution in [0.5, 0.6) is 0 Å². The average molecular weight is 505 g/mol. The lowest BCUT2D eigenvalue weighted by Gasteiger charge is -2.34. The Labute approximate surface area is 180 Å². The van der Waals surface area contributed by atoms with Crippen molar-refractivity contribution < 1.29 is 57.1 Å². The van der Waals surface area contributed by atoms with E-state index in [0.717, 1.165) is 12.5 Å². The van der Waals surface area contributed by atoms with Gasteiger partial charge in [0.25, 0.3) is 0 Å². The van der Waals surface area contributed by atoms with E-state index in [1.807, 2.05) is 0 Å². The van der Waals surface area contributed by atoms with E-state index >= 15 is 0 Å². The fraction of sp³-hybridized carbons (Fsp3) is 0.722. The SMILES string of the molecule is CCCC(C)CCC[n+]1cccc(C)c1.O=S(=O)([O-])C(F)(F)C(F)(F)C(F)(F)C(F)(F)F. The van der Waals surface area contributed by atoms with Crippen molar-refractivity contribution in [3.63, 3.8) is 0 Å². The summed E-state index contributed by atoms with van der Waals surface area (Å²) in [6, 6.07) is 4.28. The lowest BCUT2D eigenvalue weighted by atomic mass is 10.0. The Hall–Kier alpha value is -1.57. The van der Waals surface area contributed by atoms with Crippen LogP contribution < -0.4 is 4.57 Å². The normalized spacial score (nSPS) is 14.5. The quantitative estimate of drug-likeness (QED) is 0.255. The van der Waals surface area contributed by atoms with Gasteiger partial charge in [0.05, 0.1) is 0 Å². The van der Waals surface area contributed by atoms with E-state index < -0.39 is 33.4 Å². The van der Waals surface area contributed by atoms with E-state index in [1.165, 1.54) is 31.2 Å². The summed E-state index contributed by atoms with van der Waals surface area (Å²) in [6.07, 6.45) is 2.58. The molecule has 0 fully saturated rings. The van der Waals surface area contributed by atoms with Crippen LogP contribution in [0.2, 0.25) is 0 Å². The number of hydrogen-bond acceptors (Lipinski definition) is 3. The van der Waals surface area contributed by atoms with Gasteiger partial charge in [-0.1, -0.05) is 26.7 Å². The van der Waals surface area contributed by atoms with Gasteiger partial charge >= 0.3 is 23.3 Å². The van der Waals surface area contributed by atoms with Crippen LogP contribution in [0.1, 0.15) is 45.1 Å².